The zero-order valence-corrected chi connectivity index (χ0v) is 35.6. The van der Waals surface area contributed by atoms with Crippen LogP contribution >= 0.6 is 23.4 Å². The molecular formula is C45H49ClN6O5S2. The second-order valence-electron chi connectivity index (χ2n) is 15.4. The van der Waals surface area contributed by atoms with E-state index in [1.807, 2.05) is 67.5 Å². The van der Waals surface area contributed by atoms with E-state index in [1.165, 1.54) is 23.3 Å². The standard InChI is InChI=1S/C45H49ClN6O5S2/c1-49(2)24-23-37(31-58-39-12-4-3-5-13-39)47-42-21-20-40(28-44(42)52(54)55)59(56,57)48-45(53)34-17-22-43-33(27-34)10-8-11-38-30-50(25-26-51(38)43)29-35-9-6-7-14-41(35)32-15-18-36(46)19-16-32/h3-7,9,12-22,27-28,37-38,47H,8,10-11,23-26,29-31H2,1-2H3,(H,48,53)/t37-,38?/m1/s1. The van der Waals surface area contributed by atoms with Crippen molar-refractivity contribution >= 4 is 56.4 Å². The van der Waals surface area contributed by atoms with Gasteiger partial charge in [0.25, 0.3) is 21.6 Å². The van der Waals surface area contributed by atoms with Crippen molar-refractivity contribution in [3.63, 3.8) is 0 Å². The molecule has 14 heteroatoms. The Balaban J connectivity index is 1.02. The maximum absolute atomic E-state index is 13.6. The second kappa shape index (κ2) is 19.0. The van der Waals surface area contributed by atoms with Crippen LogP contribution in [-0.2, 0) is 23.0 Å². The molecule has 1 unspecified atom stereocenters. The minimum atomic E-state index is -4.44. The monoisotopic (exact) mass is 852 g/mol. The van der Waals surface area contributed by atoms with Gasteiger partial charge in [0.2, 0.25) is 0 Å². The first kappa shape index (κ1) is 42.2. The first-order valence-corrected chi connectivity index (χ1v) is 22.7. The molecule has 2 N–H and O–H groups in total. The minimum Gasteiger partial charge on any atom is -0.376 e. The Morgan fingerprint density at radius 2 is 1.73 bits per heavy atom. The Morgan fingerprint density at radius 1 is 0.966 bits per heavy atom. The molecule has 308 valence electrons. The van der Waals surface area contributed by atoms with E-state index < -0.39 is 20.9 Å². The lowest BCUT2D eigenvalue weighted by molar-refractivity contribution is -0.384. The maximum Gasteiger partial charge on any atom is 0.293 e. The fraction of sp³-hybridized carbons (Fsp3) is 0.311. The number of carbonyl (C=O) groups excluding carboxylic acids is 1. The summed E-state index contributed by atoms with van der Waals surface area (Å²) in [7, 11) is -0.513. The van der Waals surface area contributed by atoms with Crippen LogP contribution in [0.3, 0.4) is 0 Å². The molecule has 5 aromatic rings. The number of thioether (sulfide) groups is 1. The van der Waals surface area contributed by atoms with Crippen molar-refractivity contribution in [1.82, 2.24) is 14.5 Å². The van der Waals surface area contributed by atoms with Gasteiger partial charge in [-0.25, -0.2) is 13.1 Å². The van der Waals surface area contributed by atoms with Gasteiger partial charge in [-0.2, -0.15) is 0 Å². The number of nitrogens with zero attached hydrogens (tertiary/aromatic N) is 4. The van der Waals surface area contributed by atoms with Crippen LogP contribution in [-0.4, -0.2) is 87.2 Å². The largest absolute Gasteiger partial charge is 0.376 e. The number of nitrogens with one attached hydrogen (secondary N) is 2. The van der Waals surface area contributed by atoms with Gasteiger partial charge in [-0.3, -0.25) is 19.8 Å². The molecule has 7 rings (SSSR count). The first-order valence-electron chi connectivity index (χ1n) is 19.8. The van der Waals surface area contributed by atoms with Crippen molar-refractivity contribution < 1.29 is 18.1 Å². The summed E-state index contributed by atoms with van der Waals surface area (Å²) in [6, 6.07) is 35.6. The highest BCUT2D eigenvalue weighted by molar-refractivity contribution is 7.99. The molecule has 1 fully saturated rings. The van der Waals surface area contributed by atoms with E-state index in [0.717, 1.165) is 79.8 Å². The topological polar surface area (TPSA) is 128 Å². The normalized spacial score (nSPS) is 16.1. The molecule has 5 aromatic carbocycles. The molecule has 0 aliphatic carbocycles. The number of carbonyl (C=O) groups is 1. The maximum atomic E-state index is 13.6. The molecule has 2 aliphatic rings. The van der Waals surface area contributed by atoms with Gasteiger partial charge in [0.1, 0.15) is 5.69 Å². The van der Waals surface area contributed by atoms with Gasteiger partial charge < -0.3 is 15.1 Å². The van der Waals surface area contributed by atoms with Crippen molar-refractivity contribution in [3.05, 3.63) is 147 Å². The first-order chi connectivity index (χ1) is 28.4. The summed E-state index contributed by atoms with van der Waals surface area (Å²) in [5, 5.41) is 16.3. The third-order valence-corrected chi connectivity index (χ3v) is 13.7. The highest BCUT2D eigenvalue weighted by atomic mass is 35.5. The summed E-state index contributed by atoms with van der Waals surface area (Å²) >= 11 is 7.80. The SMILES string of the molecule is CN(C)CC[C@H](CSc1ccccc1)Nc1ccc(S(=O)(=O)NC(=O)c2ccc3c(c2)CCCC2CN(Cc4ccccc4-c4ccc(Cl)cc4)CCN32)cc1[N+](=O)[O-]. The van der Waals surface area contributed by atoms with E-state index in [1.54, 1.807) is 23.9 Å². The van der Waals surface area contributed by atoms with E-state index in [4.69, 9.17) is 11.6 Å². The van der Waals surface area contributed by atoms with Gasteiger partial charge in [0, 0.05) is 71.3 Å². The molecule has 11 nitrogen and oxygen atoms in total. The van der Waals surface area contributed by atoms with Crippen LogP contribution in [0.25, 0.3) is 11.1 Å². The van der Waals surface area contributed by atoms with Gasteiger partial charge in [-0.15, -0.1) is 11.8 Å². The van der Waals surface area contributed by atoms with E-state index in [9.17, 15) is 23.3 Å². The molecular weight excluding hydrogens is 804 g/mol. The molecule has 0 saturated carbocycles. The Hall–Kier alpha value is -4.92. The summed E-state index contributed by atoms with van der Waals surface area (Å²) in [6.45, 7) is 4.18. The number of aryl methyl sites for hydroxylation is 1. The zero-order valence-electron chi connectivity index (χ0n) is 33.2. The van der Waals surface area contributed by atoms with Crippen molar-refractivity contribution in [2.45, 2.75) is 54.1 Å². The van der Waals surface area contributed by atoms with E-state index in [2.05, 4.69) is 56.2 Å². The molecule has 2 atom stereocenters. The fourth-order valence-electron chi connectivity index (χ4n) is 7.91. The average Bonchev–Trinajstić information content (AvgIpc) is 3.41. The van der Waals surface area contributed by atoms with Crippen LogP contribution in [0.5, 0.6) is 0 Å². The molecule has 0 radical (unpaired) electrons. The van der Waals surface area contributed by atoms with Gasteiger partial charge in [0.15, 0.2) is 0 Å². The lowest BCUT2D eigenvalue weighted by Crippen LogP contribution is -2.52. The number of hydrogen-bond donors (Lipinski definition) is 2. The minimum absolute atomic E-state index is 0.140. The number of rotatable bonds is 15. The number of sulfonamides is 1. The number of benzene rings is 5. The van der Waals surface area contributed by atoms with Crippen LogP contribution in [0.1, 0.15) is 40.7 Å². The number of hydrogen-bond acceptors (Lipinski definition) is 10. The van der Waals surface area contributed by atoms with Crippen LogP contribution in [0.2, 0.25) is 5.02 Å². The molecule has 59 heavy (non-hydrogen) atoms. The highest BCUT2D eigenvalue weighted by Crippen LogP contribution is 2.35. The van der Waals surface area contributed by atoms with Crippen LogP contribution in [0.15, 0.2) is 125 Å². The molecule has 0 aromatic heterocycles. The molecule has 2 aliphatic heterocycles. The summed E-state index contributed by atoms with van der Waals surface area (Å²) in [4.78, 5) is 32.9. The third-order valence-electron chi connectivity index (χ3n) is 11.0. The Labute approximate surface area is 356 Å². The molecule has 0 spiro atoms. The fourth-order valence-corrected chi connectivity index (χ4v) is 10.0. The summed E-state index contributed by atoms with van der Waals surface area (Å²) in [5.74, 6) is -0.145. The Morgan fingerprint density at radius 3 is 2.49 bits per heavy atom. The number of nitro groups is 1. The van der Waals surface area contributed by atoms with Gasteiger partial charge in [0.05, 0.1) is 9.82 Å². The third kappa shape index (κ3) is 10.6. The number of fused-ring (bicyclic) bond motifs is 3. The highest BCUT2D eigenvalue weighted by Gasteiger charge is 2.32. The molecule has 0 bridgehead atoms. The van der Waals surface area contributed by atoms with Crippen molar-refractivity contribution in [3.8, 4) is 11.1 Å². The van der Waals surface area contributed by atoms with Crippen molar-refractivity contribution in [1.29, 1.82) is 0 Å². The smallest absolute Gasteiger partial charge is 0.293 e. The van der Waals surface area contributed by atoms with Crippen molar-refractivity contribution in [2.75, 3.05) is 56.2 Å². The quantitative estimate of drug-likeness (QED) is 0.0601. The van der Waals surface area contributed by atoms with E-state index in [-0.39, 0.29) is 27.9 Å². The summed E-state index contributed by atoms with van der Waals surface area (Å²) in [5.41, 5.74) is 5.72. The van der Waals surface area contributed by atoms with Gasteiger partial charge in [-0.05, 0) is 123 Å². The number of halogens is 1. The lowest BCUT2D eigenvalue weighted by atomic mass is 9.98. The molecule has 1 saturated heterocycles. The van der Waals surface area contributed by atoms with Crippen LogP contribution in [0, 0.1) is 10.1 Å². The van der Waals surface area contributed by atoms with E-state index in [0.29, 0.717) is 23.2 Å². The number of piperazine rings is 1. The zero-order chi connectivity index (χ0) is 41.5. The number of nitro benzene ring substituents is 1. The summed E-state index contributed by atoms with van der Waals surface area (Å²) in [6.07, 6.45) is 3.39. The molecule has 1 amide bonds. The number of amides is 1. The lowest BCUT2D eigenvalue weighted by Gasteiger charge is -2.43. The van der Waals surface area contributed by atoms with Crippen LogP contribution in [0.4, 0.5) is 17.1 Å². The van der Waals surface area contributed by atoms with Crippen molar-refractivity contribution in [2.24, 2.45) is 0 Å². The molecule has 2 heterocycles. The summed E-state index contributed by atoms with van der Waals surface area (Å²) < 4.78 is 29.3. The van der Waals surface area contributed by atoms with Crippen LogP contribution < -0.4 is 14.9 Å². The van der Waals surface area contributed by atoms with E-state index >= 15 is 0 Å². The predicted octanol–water partition coefficient (Wildman–Crippen LogP) is 8.59. The second-order valence-corrected chi connectivity index (χ2v) is 18.6. The average molecular weight is 854 g/mol. The Kier molecular flexibility index (Phi) is 13.6. The number of anilines is 2. The Bertz CT molecular complexity index is 2380. The predicted molar refractivity (Wildman–Crippen MR) is 238 cm³/mol. The van der Waals surface area contributed by atoms with Gasteiger partial charge in [-0.1, -0.05) is 66.2 Å². The van der Waals surface area contributed by atoms with Gasteiger partial charge >= 0.3 is 0 Å².